The molecule has 2 N–H and O–H groups in total. The van der Waals surface area contributed by atoms with Gasteiger partial charge in [0, 0.05) is 65.8 Å². The summed E-state index contributed by atoms with van der Waals surface area (Å²) in [5, 5.41) is 15.8. The molecule has 2 heterocycles. The molecule has 1 fully saturated rings. The van der Waals surface area contributed by atoms with Gasteiger partial charge in [0.25, 0.3) is 0 Å². The first kappa shape index (κ1) is 29.5. The molecule has 2 aromatic carbocycles. The van der Waals surface area contributed by atoms with Gasteiger partial charge < -0.3 is 24.8 Å². The monoisotopic (exact) mass is 568 g/mol. The lowest BCUT2D eigenvalue weighted by molar-refractivity contribution is -0.118. The van der Waals surface area contributed by atoms with Gasteiger partial charge in [0.1, 0.15) is 6.54 Å². The van der Waals surface area contributed by atoms with Gasteiger partial charge >= 0.3 is 6.09 Å². The van der Waals surface area contributed by atoms with Crippen molar-refractivity contribution in [1.82, 2.24) is 9.80 Å². The predicted molar refractivity (Wildman–Crippen MR) is 161 cm³/mol. The zero-order valence-electron chi connectivity index (χ0n) is 24.0. The molecule has 0 saturated carbocycles. The number of nitrogens with one attached hydrogen (secondary N) is 1. The Morgan fingerprint density at radius 3 is 2.55 bits per heavy atom. The third-order valence-electron chi connectivity index (χ3n) is 7.14. The van der Waals surface area contributed by atoms with Crippen molar-refractivity contribution >= 4 is 44.8 Å². The molecule has 0 radical (unpaired) electrons. The van der Waals surface area contributed by atoms with Crippen molar-refractivity contribution in [3.8, 4) is 11.5 Å². The van der Waals surface area contributed by atoms with Crippen LogP contribution in [0.25, 0.3) is 10.1 Å². The number of nitrogens with zero attached hydrogens (tertiary/aromatic N) is 3. The summed E-state index contributed by atoms with van der Waals surface area (Å²) < 4.78 is 13.0. The van der Waals surface area contributed by atoms with E-state index in [2.05, 4.69) is 44.8 Å². The molecule has 0 atom stereocenters. The smallest absolute Gasteiger partial charge is 0.408 e. The molecule has 3 aromatic rings. The fourth-order valence-electron chi connectivity index (χ4n) is 5.01. The summed E-state index contributed by atoms with van der Waals surface area (Å²) in [5.74, 6) is 0.757. The number of hydrogen-bond acceptors (Lipinski definition) is 7. The van der Waals surface area contributed by atoms with Gasteiger partial charge in [-0.05, 0) is 69.3 Å². The van der Waals surface area contributed by atoms with Crippen molar-refractivity contribution in [2.45, 2.75) is 39.7 Å². The predicted octanol–water partition coefficient (Wildman–Crippen LogP) is 5.53. The van der Waals surface area contributed by atoms with E-state index in [1.165, 1.54) is 15.8 Å². The van der Waals surface area contributed by atoms with Crippen LogP contribution in [0.5, 0.6) is 11.5 Å². The summed E-state index contributed by atoms with van der Waals surface area (Å²) in [6.45, 7) is 12.5. The van der Waals surface area contributed by atoms with Gasteiger partial charge in [0.15, 0.2) is 11.5 Å². The second kappa shape index (κ2) is 12.8. The normalized spacial score (nSPS) is 14.3. The number of rotatable bonds is 10. The van der Waals surface area contributed by atoms with E-state index < -0.39 is 17.5 Å². The van der Waals surface area contributed by atoms with Crippen molar-refractivity contribution < 1.29 is 24.2 Å². The van der Waals surface area contributed by atoms with E-state index in [0.717, 1.165) is 49.6 Å². The molecule has 9 nitrogen and oxygen atoms in total. The SMILES string of the molecule is COc1cc(NC(=O)CN(C(=O)O)C(C)(C)C)cc(C)c1OCCCN1CCN(c2cccc3sccc23)CC1. The van der Waals surface area contributed by atoms with Gasteiger partial charge in [-0.2, -0.15) is 0 Å². The first-order chi connectivity index (χ1) is 19.1. The molecule has 216 valence electrons. The molecule has 0 spiro atoms. The largest absolute Gasteiger partial charge is 0.493 e. The molecule has 0 bridgehead atoms. The number of ether oxygens (including phenoxy) is 2. The minimum Gasteiger partial charge on any atom is -0.493 e. The zero-order chi connectivity index (χ0) is 28.9. The van der Waals surface area contributed by atoms with Crippen LogP contribution in [0.3, 0.4) is 0 Å². The highest BCUT2D eigenvalue weighted by Gasteiger charge is 2.28. The maximum absolute atomic E-state index is 12.6. The molecule has 1 aliphatic heterocycles. The van der Waals surface area contributed by atoms with Gasteiger partial charge in [0.05, 0.1) is 13.7 Å². The Kier molecular flexibility index (Phi) is 9.42. The molecule has 40 heavy (non-hydrogen) atoms. The number of anilines is 2. The fraction of sp³-hybridized carbons (Fsp3) is 0.467. The lowest BCUT2D eigenvalue weighted by atomic mass is 10.1. The number of piperazine rings is 1. The van der Waals surface area contributed by atoms with Gasteiger partial charge in [-0.25, -0.2) is 4.79 Å². The number of carbonyl (C=O) groups excluding carboxylic acids is 1. The second-order valence-corrected chi connectivity index (χ2v) is 12.0. The number of hydrogen-bond donors (Lipinski definition) is 2. The van der Waals surface area contributed by atoms with Crippen LogP contribution in [0, 0.1) is 6.92 Å². The number of methoxy groups -OCH3 is 1. The molecular weight excluding hydrogens is 528 g/mol. The van der Waals surface area contributed by atoms with Crippen molar-refractivity contribution in [2.75, 3.05) is 63.2 Å². The molecule has 1 aromatic heterocycles. The quantitative estimate of drug-likeness (QED) is 0.311. The van der Waals surface area contributed by atoms with Crippen LogP contribution in [0.15, 0.2) is 41.8 Å². The zero-order valence-corrected chi connectivity index (χ0v) is 24.8. The van der Waals surface area contributed by atoms with E-state index in [4.69, 9.17) is 9.47 Å². The number of carbonyl (C=O) groups is 2. The molecule has 10 heteroatoms. The maximum atomic E-state index is 12.6. The summed E-state index contributed by atoms with van der Waals surface area (Å²) in [7, 11) is 1.56. The van der Waals surface area contributed by atoms with Crippen molar-refractivity contribution in [2.24, 2.45) is 0 Å². The van der Waals surface area contributed by atoms with Gasteiger partial charge in [-0.15, -0.1) is 11.3 Å². The number of carboxylic acid groups (broad SMARTS) is 1. The molecule has 0 unspecified atom stereocenters. The minimum absolute atomic E-state index is 0.267. The van der Waals surface area contributed by atoms with Crippen LogP contribution < -0.4 is 19.7 Å². The highest BCUT2D eigenvalue weighted by atomic mass is 32.1. The Morgan fingerprint density at radius 1 is 1.12 bits per heavy atom. The molecule has 0 aliphatic carbocycles. The Morgan fingerprint density at radius 2 is 1.88 bits per heavy atom. The van der Waals surface area contributed by atoms with Crippen LogP contribution in [0.1, 0.15) is 32.8 Å². The van der Waals surface area contributed by atoms with E-state index in [-0.39, 0.29) is 6.54 Å². The molecule has 4 rings (SSSR count). The summed E-state index contributed by atoms with van der Waals surface area (Å²) >= 11 is 1.79. The number of fused-ring (bicyclic) bond motifs is 1. The molecular formula is C30H40N4O5S. The van der Waals surface area contributed by atoms with Crippen molar-refractivity contribution in [1.29, 1.82) is 0 Å². The van der Waals surface area contributed by atoms with E-state index in [1.807, 2.05) is 13.0 Å². The topological polar surface area (TPSA) is 94.6 Å². The van der Waals surface area contributed by atoms with Crippen LogP contribution in [0.4, 0.5) is 16.2 Å². The second-order valence-electron chi connectivity index (χ2n) is 11.1. The van der Waals surface area contributed by atoms with E-state index >= 15 is 0 Å². The van der Waals surface area contributed by atoms with Crippen LogP contribution >= 0.6 is 11.3 Å². The number of amides is 2. The number of benzene rings is 2. The Labute approximate surface area is 240 Å². The highest BCUT2D eigenvalue weighted by Crippen LogP contribution is 2.35. The standard InChI is InChI=1S/C30H40N4O5S/c1-21-18-22(31-27(35)20-34(29(36)37)30(2,3)4)19-25(38-5)28(21)39-16-7-11-32-12-14-33(15-13-32)24-8-6-9-26-23(24)10-17-40-26/h6,8-10,17-19H,7,11-16,20H2,1-5H3,(H,31,35)(H,36,37). The van der Waals surface area contributed by atoms with Crippen LogP contribution in [-0.2, 0) is 4.79 Å². The molecule has 1 saturated heterocycles. The average Bonchev–Trinajstić information content (AvgIpc) is 3.39. The summed E-state index contributed by atoms with van der Waals surface area (Å²) in [5.41, 5.74) is 2.00. The summed E-state index contributed by atoms with van der Waals surface area (Å²) in [4.78, 5) is 30.2. The third kappa shape index (κ3) is 7.17. The van der Waals surface area contributed by atoms with E-state index in [0.29, 0.717) is 23.8 Å². The maximum Gasteiger partial charge on any atom is 0.408 e. The average molecular weight is 569 g/mol. The summed E-state index contributed by atoms with van der Waals surface area (Å²) in [6, 6.07) is 12.3. The van der Waals surface area contributed by atoms with Crippen LogP contribution in [-0.4, -0.2) is 85.4 Å². The Balaban J connectivity index is 1.26. The van der Waals surface area contributed by atoms with Gasteiger partial charge in [-0.3, -0.25) is 14.6 Å². The first-order valence-electron chi connectivity index (χ1n) is 13.6. The minimum atomic E-state index is -1.14. The van der Waals surface area contributed by atoms with Crippen molar-refractivity contribution in [3.63, 3.8) is 0 Å². The van der Waals surface area contributed by atoms with Crippen LogP contribution in [0.2, 0.25) is 0 Å². The fourth-order valence-corrected chi connectivity index (χ4v) is 5.82. The molecule has 2 amide bonds. The lowest BCUT2D eigenvalue weighted by Crippen LogP contribution is -2.48. The Hall–Kier alpha value is -3.50. The van der Waals surface area contributed by atoms with Crippen molar-refractivity contribution in [3.05, 3.63) is 47.3 Å². The van der Waals surface area contributed by atoms with E-state index in [9.17, 15) is 14.7 Å². The third-order valence-corrected chi connectivity index (χ3v) is 8.02. The highest BCUT2D eigenvalue weighted by molar-refractivity contribution is 7.17. The summed E-state index contributed by atoms with van der Waals surface area (Å²) in [6.07, 6.45) is -0.253. The molecule has 1 aliphatic rings. The van der Waals surface area contributed by atoms with E-state index in [1.54, 1.807) is 45.3 Å². The number of thiophene rings is 1. The number of aryl methyl sites for hydroxylation is 1. The Bertz CT molecular complexity index is 1330. The van der Waals surface area contributed by atoms with Gasteiger partial charge in [-0.1, -0.05) is 6.07 Å². The van der Waals surface area contributed by atoms with Gasteiger partial charge in [0.2, 0.25) is 5.91 Å². The first-order valence-corrected chi connectivity index (χ1v) is 14.5. The lowest BCUT2D eigenvalue weighted by Gasteiger charge is -2.36.